The quantitative estimate of drug-likeness (QED) is 0.900. The maximum absolute atomic E-state index is 12.1. The van der Waals surface area contributed by atoms with Crippen LogP contribution in [0.5, 0.6) is 5.75 Å². The first kappa shape index (κ1) is 15.4. The van der Waals surface area contributed by atoms with Crippen LogP contribution >= 0.6 is 0 Å². The molecule has 1 N–H and O–H groups in total. The molecule has 1 saturated heterocycles. The summed E-state index contributed by atoms with van der Waals surface area (Å²) in [4.78, 5) is 24.7. The van der Waals surface area contributed by atoms with Gasteiger partial charge < -0.3 is 14.7 Å². The molecule has 2 rings (SSSR count). The van der Waals surface area contributed by atoms with Gasteiger partial charge in [-0.2, -0.15) is 0 Å². The van der Waals surface area contributed by atoms with Gasteiger partial charge in [0.05, 0.1) is 18.9 Å². The van der Waals surface area contributed by atoms with E-state index in [1.165, 1.54) is 0 Å². The predicted molar refractivity (Wildman–Crippen MR) is 78.2 cm³/mol. The number of aryl methyl sites for hydroxylation is 1. The molecular weight excluding hydrogens is 270 g/mol. The lowest BCUT2D eigenvalue weighted by Crippen LogP contribution is -2.30. The summed E-state index contributed by atoms with van der Waals surface area (Å²) >= 11 is 0. The monoisotopic (exact) mass is 291 g/mol. The summed E-state index contributed by atoms with van der Waals surface area (Å²) in [6.07, 6.45) is 0.271. The molecule has 0 radical (unpaired) electrons. The Labute approximate surface area is 124 Å². The number of carbonyl (C=O) groups excluding carboxylic acids is 1. The number of ether oxygens (including phenoxy) is 1. The maximum atomic E-state index is 12.1. The summed E-state index contributed by atoms with van der Waals surface area (Å²) < 4.78 is 5.53. The number of nitrogens with zero attached hydrogens (tertiary/aromatic N) is 1. The zero-order chi connectivity index (χ0) is 15.4. The van der Waals surface area contributed by atoms with E-state index >= 15 is 0 Å². The molecule has 1 aliphatic rings. The Morgan fingerprint density at radius 3 is 2.52 bits per heavy atom. The van der Waals surface area contributed by atoms with E-state index in [0.717, 1.165) is 11.3 Å². The minimum Gasteiger partial charge on any atom is -0.493 e. The second-order valence-corrected chi connectivity index (χ2v) is 5.63. The SMILES string of the molecule is Cc1ccc(OCCC(=O)N2CC(C)C(C(=O)O)C2)cc1. The lowest BCUT2D eigenvalue weighted by atomic mass is 9.99. The van der Waals surface area contributed by atoms with Gasteiger partial charge in [0.1, 0.15) is 5.75 Å². The fourth-order valence-electron chi connectivity index (χ4n) is 2.54. The highest BCUT2D eigenvalue weighted by atomic mass is 16.5. The third-order valence-corrected chi connectivity index (χ3v) is 3.89. The minimum absolute atomic E-state index is 0.00414. The van der Waals surface area contributed by atoms with E-state index in [0.29, 0.717) is 19.7 Å². The molecule has 21 heavy (non-hydrogen) atoms. The van der Waals surface area contributed by atoms with Crippen LogP contribution in [0.15, 0.2) is 24.3 Å². The zero-order valence-corrected chi connectivity index (χ0v) is 12.4. The molecule has 1 aromatic rings. The number of carbonyl (C=O) groups is 2. The summed E-state index contributed by atoms with van der Waals surface area (Å²) in [5, 5.41) is 9.07. The van der Waals surface area contributed by atoms with Crippen molar-refractivity contribution in [2.24, 2.45) is 11.8 Å². The normalized spacial score (nSPS) is 21.3. The summed E-state index contributed by atoms with van der Waals surface area (Å²) in [7, 11) is 0. The van der Waals surface area contributed by atoms with E-state index in [4.69, 9.17) is 9.84 Å². The van der Waals surface area contributed by atoms with Crippen molar-refractivity contribution in [3.05, 3.63) is 29.8 Å². The number of benzene rings is 1. The van der Waals surface area contributed by atoms with E-state index in [1.54, 1.807) is 4.90 Å². The van der Waals surface area contributed by atoms with Crippen LogP contribution in [0.1, 0.15) is 18.9 Å². The second-order valence-electron chi connectivity index (χ2n) is 5.63. The van der Waals surface area contributed by atoms with Gasteiger partial charge in [0.25, 0.3) is 0 Å². The zero-order valence-electron chi connectivity index (χ0n) is 12.4. The Morgan fingerprint density at radius 2 is 1.95 bits per heavy atom. The lowest BCUT2D eigenvalue weighted by molar-refractivity contribution is -0.142. The van der Waals surface area contributed by atoms with Gasteiger partial charge >= 0.3 is 5.97 Å². The Kier molecular flexibility index (Phi) is 4.83. The van der Waals surface area contributed by atoms with Gasteiger partial charge in [-0.05, 0) is 25.0 Å². The van der Waals surface area contributed by atoms with Gasteiger partial charge in [-0.25, -0.2) is 0 Å². The van der Waals surface area contributed by atoms with E-state index in [-0.39, 0.29) is 18.2 Å². The molecule has 1 heterocycles. The summed E-state index contributed by atoms with van der Waals surface area (Å²) in [5.74, 6) is -0.575. The van der Waals surface area contributed by atoms with Crippen molar-refractivity contribution in [1.82, 2.24) is 4.90 Å². The van der Waals surface area contributed by atoms with E-state index < -0.39 is 11.9 Å². The van der Waals surface area contributed by atoms with Crippen molar-refractivity contribution < 1.29 is 19.4 Å². The predicted octanol–water partition coefficient (Wildman–Crippen LogP) is 1.94. The van der Waals surface area contributed by atoms with Gasteiger partial charge in [-0.15, -0.1) is 0 Å². The standard InChI is InChI=1S/C16H21NO4/c1-11-3-5-13(6-4-11)21-8-7-15(18)17-9-12(2)14(10-17)16(19)20/h3-6,12,14H,7-10H2,1-2H3,(H,19,20). The number of carboxylic acids is 1. The average molecular weight is 291 g/mol. The molecule has 0 bridgehead atoms. The molecule has 1 aliphatic heterocycles. The van der Waals surface area contributed by atoms with Crippen LogP contribution < -0.4 is 4.74 Å². The Hall–Kier alpha value is -2.04. The van der Waals surface area contributed by atoms with Gasteiger partial charge in [0.15, 0.2) is 0 Å². The van der Waals surface area contributed by atoms with Crippen LogP contribution in [0.3, 0.4) is 0 Å². The Morgan fingerprint density at radius 1 is 1.29 bits per heavy atom. The van der Waals surface area contributed by atoms with Crippen LogP contribution in [-0.4, -0.2) is 41.6 Å². The third-order valence-electron chi connectivity index (χ3n) is 3.89. The molecular formula is C16H21NO4. The molecule has 114 valence electrons. The third kappa shape index (κ3) is 3.97. The van der Waals surface area contributed by atoms with Crippen LogP contribution in [0.2, 0.25) is 0 Å². The van der Waals surface area contributed by atoms with Crippen LogP contribution in [0.25, 0.3) is 0 Å². The van der Waals surface area contributed by atoms with E-state index in [2.05, 4.69) is 0 Å². The number of hydrogen-bond donors (Lipinski definition) is 1. The molecule has 0 aromatic heterocycles. The van der Waals surface area contributed by atoms with Gasteiger partial charge in [-0.1, -0.05) is 24.6 Å². The Balaban J connectivity index is 1.77. The molecule has 1 aromatic carbocycles. The van der Waals surface area contributed by atoms with Crippen molar-refractivity contribution in [3.8, 4) is 5.75 Å². The fraction of sp³-hybridized carbons (Fsp3) is 0.500. The van der Waals surface area contributed by atoms with Crippen molar-refractivity contribution >= 4 is 11.9 Å². The number of aliphatic carboxylic acids is 1. The van der Waals surface area contributed by atoms with Crippen molar-refractivity contribution in [1.29, 1.82) is 0 Å². The van der Waals surface area contributed by atoms with Crippen LogP contribution in [0.4, 0.5) is 0 Å². The minimum atomic E-state index is -0.825. The molecule has 1 amide bonds. The number of rotatable bonds is 5. The topological polar surface area (TPSA) is 66.8 Å². The highest BCUT2D eigenvalue weighted by molar-refractivity contribution is 5.79. The van der Waals surface area contributed by atoms with Crippen LogP contribution in [-0.2, 0) is 9.59 Å². The van der Waals surface area contributed by atoms with E-state index in [9.17, 15) is 9.59 Å². The number of hydrogen-bond acceptors (Lipinski definition) is 3. The van der Waals surface area contributed by atoms with Crippen molar-refractivity contribution in [3.63, 3.8) is 0 Å². The number of likely N-dealkylation sites (tertiary alicyclic amines) is 1. The first-order chi connectivity index (χ1) is 9.97. The van der Waals surface area contributed by atoms with Crippen molar-refractivity contribution in [2.45, 2.75) is 20.3 Å². The average Bonchev–Trinajstić information content (AvgIpc) is 2.83. The smallest absolute Gasteiger partial charge is 0.308 e. The maximum Gasteiger partial charge on any atom is 0.308 e. The molecule has 0 saturated carbocycles. The largest absolute Gasteiger partial charge is 0.493 e. The van der Waals surface area contributed by atoms with Crippen LogP contribution in [0, 0.1) is 18.8 Å². The molecule has 0 spiro atoms. The highest BCUT2D eigenvalue weighted by Gasteiger charge is 2.36. The first-order valence-electron chi connectivity index (χ1n) is 7.17. The van der Waals surface area contributed by atoms with Gasteiger partial charge in [0.2, 0.25) is 5.91 Å². The summed E-state index contributed by atoms with van der Waals surface area (Å²) in [6, 6.07) is 7.66. The number of carboxylic acid groups (broad SMARTS) is 1. The Bertz CT molecular complexity index is 512. The van der Waals surface area contributed by atoms with Gasteiger partial charge in [-0.3, -0.25) is 9.59 Å². The molecule has 5 nitrogen and oxygen atoms in total. The highest BCUT2D eigenvalue weighted by Crippen LogP contribution is 2.23. The number of amides is 1. The molecule has 2 atom stereocenters. The second kappa shape index (κ2) is 6.61. The molecule has 5 heteroatoms. The molecule has 1 fully saturated rings. The summed E-state index contributed by atoms with van der Waals surface area (Å²) in [6.45, 7) is 5.00. The van der Waals surface area contributed by atoms with Crippen molar-refractivity contribution in [2.75, 3.05) is 19.7 Å². The fourth-order valence-corrected chi connectivity index (χ4v) is 2.54. The summed E-state index contributed by atoms with van der Waals surface area (Å²) in [5.41, 5.74) is 1.16. The van der Waals surface area contributed by atoms with Gasteiger partial charge in [0, 0.05) is 13.1 Å². The first-order valence-corrected chi connectivity index (χ1v) is 7.17. The molecule has 2 unspecified atom stereocenters. The molecule has 0 aliphatic carbocycles. The lowest BCUT2D eigenvalue weighted by Gasteiger charge is -2.16. The van der Waals surface area contributed by atoms with E-state index in [1.807, 2.05) is 38.1 Å².